The third-order valence-corrected chi connectivity index (χ3v) is 15.0. The number of carboxylic acid groups (broad SMARTS) is 1. The van der Waals surface area contributed by atoms with Crippen molar-refractivity contribution in [2.45, 2.75) is 128 Å². The zero-order chi connectivity index (χ0) is 51.1. The van der Waals surface area contributed by atoms with Gasteiger partial charge in [0.15, 0.2) is 18.0 Å². The number of hydrogen-bond donors (Lipinski definition) is 5. The van der Waals surface area contributed by atoms with Gasteiger partial charge in [-0.15, -0.1) is 0 Å². The molecule has 4 aliphatic rings. The van der Waals surface area contributed by atoms with Crippen LogP contribution in [0.5, 0.6) is 0 Å². The number of carbonyl (C=O) groups excluding carboxylic acids is 7. The van der Waals surface area contributed by atoms with Crippen molar-refractivity contribution >= 4 is 47.5 Å². The SMILES string of the molecule is CC(=O)O[C@H]1C(=O)[C@@]2(C)[C@H]([C@H](OC(=O)c3ccccc3)[C@]3(O)C[C@H](OC(=O)[C@H](OC(=O)C[C@H](O)C(=O)O)[C@@H](NC(=O)c4ccccc4)c4ccccc4)C(C)=C1C3(C)C)[C@]1(OC(C)=O)CC[C@@H]1C[C@@H]2O. The van der Waals surface area contributed by atoms with Gasteiger partial charge in [0.25, 0.3) is 5.91 Å². The first-order valence-electron chi connectivity index (χ1n) is 23.0. The highest BCUT2D eigenvalue weighted by Crippen LogP contribution is 2.67. The van der Waals surface area contributed by atoms with E-state index < -0.39 is 137 Å². The lowest BCUT2D eigenvalue weighted by molar-refractivity contribution is -0.296. The molecule has 0 unspecified atom stereocenters. The Hall–Kier alpha value is -6.76. The van der Waals surface area contributed by atoms with Crippen LogP contribution in [-0.2, 0) is 52.5 Å². The second-order valence-corrected chi connectivity index (χ2v) is 19.3. The summed E-state index contributed by atoms with van der Waals surface area (Å²) in [4.78, 5) is 110. The summed E-state index contributed by atoms with van der Waals surface area (Å²) in [5.74, 6) is -10.9. The van der Waals surface area contributed by atoms with Gasteiger partial charge in [0.2, 0.25) is 6.10 Å². The zero-order valence-electron chi connectivity index (χ0n) is 39.5. The summed E-state index contributed by atoms with van der Waals surface area (Å²) in [7, 11) is 0. The summed E-state index contributed by atoms with van der Waals surface area (Å²) < 4.78 is 30.5. The van der Waals surface area contributed by atoms with Gasteiger partial charge in [-0.25, -0.2) is 14.4 Å². The largest absolute Gasteiger partial charge is 0.479 e. The monoisotopic (exact) mass is 967 g/mol. The van der Waals surface area contributed by atoms with Crippen LogP contribution in [0.3, 0.4) is 0 Å². The molecule has 3 saturated carbocycles. The summed E-state index contributed by atoms with van der Waals surface area (Å²) in [5.41, 5.74) is -7.58. The number of aliphatic hydroxyl groups excluding tert-OH is 2. The molecule has 0 saturated heterocycles. The molecule has 4 aliphatic carbocycles. The van der Waals surface area contributed by atoms with Gasteiger partial charge in [0.1, 0.15) is 29.5 Å². The quantitative estimate of drug-likeness (QED) is 0.0863. The highest BCUT2D eigenvalue weighted by molar-refractivity contribution is 5.96. The molecule has 0 aromatic heterocycles. The first-order chi connectivity index (χ1) is 33.0. The number of ketones is 1. The standard InChI is InChI=1S/C52H57NO17/c1-27-35(67-48(64)41(68-37(58)25-34(56)46(61)62)39(30-16-10-7-11-17-30)53-45(60)31-18-12-8-13-19-31)26-52(65)44(69-47(63)32-20-14-9-15-21-32)42-50(6,36(57)24-33-22-23-51(33,42)70-29(3)55)43(59)40(66-28(2)54)38(27)49(52,4)5/h7-21,33-36,39-42,44,56-57,65H,22-26H2,1-6H3,(H,53,60)(H,61,62)/t33-,34+,35+,36+,39+,40-,41-,42+,44+,50-,51+,52-/m1/s1. The first-order valence-corrected chi connectivity index (χ1v) is 23.0. The van der Waals surface area contributed by atoms with Gasteiger partial charge in [-0.2, -0.15) is 0 Å². The van der Waals surface area contributed by atoms with Gasteiger partial charge < -0.3 is 49.4 Å². The molecule has 3 aromatic rings. The fourth-order valence-electron chi connectivity index (χ4n) is 11.3. The highest BCUT2D eigenvalue weighted by atomic mass is 16.6. The summed E-state index contributed by atoms with van der Waals surface area (Å²) in [5, 5.41) is 48.4. The molecular weight excluding hydrogens is 911 g/mol. The zero-order valence-corrected chi connectivity index (χ0v) is 39.5. The van der Waals surface area contributed by atoms with Crippen molar-refractivity contribution in [3.8, 4) is 0 Å². The van der Waals surface area contributed by atoms with Crippen molar-refractivity contribution in [3.05, 3.63) is 119 Å². The van der Waals surface area contributed by atoms with Crippen molar-refractivity contribution in [1.29, 1.82) is 0 Å². The number of benzene rings is 3. The Balaban J connectivity index is 1.42. The van der Waals surface area contributed by atoms with E-state index in [0.29, 0.717) is 6.42 Å². The van der Waals surface area contributed by atoms with Crippen LogP contribution in [0.2, 0.25) is 0 Å². The maximum Gasteiger partial charge on any atom is 0.350 e. The second kappa shape index (κ2) is 19.6. The lowest BCUT2D eigenvalue weighted by Crippen LogP contribution is -2.78. The molecule has 2 bridgehead atoms. The molecule has 18 heteroatoms. The number of carbonyl (C=O) groups is 8. The molecule has 0 heterocycles. The lowest BCUT2D eigenvalue weighted by atomic mass is 9.41. The Morgan fingerprint density at radius 1 is 0.814 bits per heavy atom. The molecule has 70 heavy (non-hydrogen) atoms. The molecule has 5 N–H and O–H groups in total. The number of nitrogens with one attached hydrogen (secondary N) is 1. The third kappa shape index (κ3) is 9.10. The first kappa shape index (κ1) is 51.1. The Morgan fingerprint density at radius 2 is 1.40 bits per heavy atom. The Kier molecular flexibility index (Phi) is 14.3. The summed E-state index contributed by atoms with van der Waals surface area (Å²) in [6.45, 7) is 8.14. The van der Waals surface area contributed by atoms with Gasteiger partial charge in [-0.05, 0) is 74.1 Å². The van der Waals surface area contributed by atoms with Crippen LogP contribution in [0, 0.1) is 22.7 Å². The van der Waals surface area contributed by atoms with Crippen LogP contribution in [-0.4, -0.2) is 116 Å². The van der Waals surface area contributed by atoms with Crippen LogP contribution < -0.4 is 5.32 Å². The van der Waals surface area contributed by atoms with Gasteiger partial charge in [-0.1, -0.05) is 80.6 Å². The number of amides is 1. The molecule has 7 rings (SSSR count). The van der Waals surface area contributed by atoms with E-state index >= 15 is 9.59 Å². The number of aliphatic carboxylic acids is 1. The van der Waals surface area contributed by atoms with Gasteiger partial charge >= 0.3 is 35.8 Å². The molecule has 3 fully saturated rings. The van der Waals surface area contributed by atoms with Crippen molar-refractivity contribution in [3.63, 3.8) is 0 Å². The minimum Gasteiger partial charge on any atom is -0.479 e. The minimum atomic E-state index is -2.48. The predicted molar refractivity (Wildman–Crippen MR) is 243 cm³/mol. The molecule has 18 nitrogen and oxygen atoms in total. The van der Waals surface area contributed by atoms with Crippen LogP contribution in [0.4, 0.5) is 0 Å². The van der Waals surface area contributed by atoms with E-state index in [1.54, 1.807) is 54.6 Å². The van der Waals surface area contributed by atoms with E-state index in [1.807, 2.05) is 0 Å². The van der Waals surface area contributed by atoms with Crippen LogP contribution in [0.15, 0.2) is 102 Å². The van der Waals surface area contributed by atoms with E-state index in [9.17, 15) is 49.2 Å². The van der Waals surface area contributed by atoms with Crippen molar-refractivity contribution in [2.24, 2.45) is 22.7 Å². The second-order valence-electron chi connectivity index (χ2n) is 19.3. The van der Waals surface area contributed by atoms with Crippen LogP contribution in [0.1, 0.15) is 106 Å². The third-order valence-electron chi connectivity index (χ3n) is 15.0. The molecule has 0 spiro atoms. The van der Waals surface area contributed by atoms with Crippen molar-refractivity contribution < 1.29 is 82.5 Å². The van der Waals surface area contributed by atoms with Gasteiger partial charge in [-0.3, -0.25) is 24.0 Å². The normalized spacial score (nSPS) is 29.9. The van der Waals surface area contributed by atoms with Gasteiger partial charge in [0, 0.05) is 37.2 Å². The highest BCUT2D eigenvalue weighted by Gasteiger charge is 2.77. The topological polar surface area (TPSA) is 276 Å². The van der Waals surface area contributed by atoms with Gasteiger partial charge in [0.05, 0.1) is 29.4 Å². The molecule has 0 radical (unpaired) electrons. The molecule has 372 valence electrons. The van der Waals surface area contributed by atoms with E-state index in [1.165, 1.54) is 71.0 Å². The molecule has 3 aromatic carbocycles. The molecule has 0 aliphatic heterocycles. The fourth-order valence-corrected chi connectivity index (χ4v) is 11.3. The average molecular weight is 968 g/mol. The fraction of sp³-hybridized carbons (Fsp3) is 0.462. The summed E-state index contributed by atoms with van der Waals surface area (Å²) >= 11 is 0. The Labute approximate surface area is 403 Å². The van der Waals surface area contributed by atoms with E-state index in [2.05, 4.69) is 5.32 Å². The molecule has 1 amide bonds. The van der Waals surface area contributed by atoms with E-state index in [-0.39, 0.29) is 40.7 Å². The number of aliphatic hydroxyl groups is 3. The average Bonchev–Trinajstić information content (AvgIpc) is 3.31. The number of carboxylic acids is 1. The maximum atomic E-state index is 15.7. The number of ether oxygens (including phenoxy) is 5. The van der Waals surface area contributed by atoms with E-state index in [4.69, 9.17) is 23.7 Å². The summed E-state index contributed by atoms with van der Waals surface area (Å²) in [6, 6.07) is 21.8. The molecular formula is C52H57NO17. The Bertz CT molecular complexity index is 2580. The number of rotatable bonds is 14. The van der Waals surface area contributed by atoms with Crippen LogP contribution >= 0.6 is 0 Å². The minimum absolute atomic E-state index is 0.0350. The maximum absolute atomic E-state index is 15.7. The van der Waals surface area contributed by atoms with Crippen molar-refractivity contribution in [2.75, 3.05) is 0 Å². The smallest absolute Gasteiger partial charge is 0.350 e. The number of fused-ring (bicyclic) bond motifs is 5. The number of Topliss-reactive ketones (excluding diaryl/α,β-unsaturated/α-hetero) is 1. The number of esters is 5. The molecule has 12 atom stereocenters. The Morgan fingerprint density at radius 3 is 1.94 bits per heavy atom. The van der Waals surface area contributed by atoms with Crippen molar-refractivity contribution in [1.82, 2.24) is 5.32 Å². The lowest BCUT2D eigenvalue weighted by Gasteiger charge is -2.68. The predicted octanol–water partition coefficient (Wildman–Crippen LogP) is 4.13. The van der Waals surface area contributed by atoms with E-state index in [0.717, 1.165) is 6.92 Å². The number of hydrogen-bond acceptors (Lipinski definition) is 16. The van der Waals surface area contributed by atoms with Crippen LogP contribution in [0.25, 0.3) is 0 Å². The summed E-state index contributed by atoms with van der Waals surface area (Å²) in [6.07, 6.45) is -12.6.